The number of benzene rings is 1. The van der Waals surface area contributed by atoms with Gasteiger partial charge >= 0.3 is 0 Å². The minimum Gasteiger partial charge on any atom is -0.367 e. The molecule has 12 heteroatoms. The van der Waals surface area contributed by atoms with Crippen molar-refractivity contribution in [3.8, 4) is 0 Å². The number of ketones is 1. The summed E-state index contributed by atoms with van der Waals surface area (Å²) in [6.45, 7) is 0.345. The van der Waals surface area contributed by atoms with Crippen molar-refractivity contribution in [1.29, 1.82) is 0 Å². The van der Waals surface area contributed by atoms with Crippen molar-refractivity contribution in [1.82, 2.24) is 9.97 Å². The van der Waals surface area contributed by atoms with E-state index in [1.165, 1.54) is 35.6 Å². The van der Waals surface area contributed by atoms with E-state index in [2.05, 4.69) is 15.3 Å². The third kappa shape index (κ3) is 6.54. The summed E-state index contributed by atoms with van der Waals surface area (Å²) in [5.74, 6) is 0.537. The summed E-state index contributed by atoms with van der Waals surface area (Å²) in [7, 11) is 0. The zero-order valence-corrected chi connectivity index (χ0v) is 21.2. The molecule has 3 unspecified atom stereocenters. The fourth-order valence-corrected chi connectivity index (χ4v) is 6.55. The molecule has 2 heterocycles. The van der Waals surface area contributed by atoms with Crippen LogP contribution in [0.2, 0.25) is 9.36 Å². The van der Waals surface area contributed by atoms with Gasteiger partial charge in [0.15, 0.2) is 0 Å². The van der Waals surface area contributed by atoms with Crippen LogP contribution in [0.25, 0.3) is 0 Å². The number of aromatic nitrogens is 2. The van der Waals surface area contributed by atoms with Crippen LogP contribution in [0.3, 0.4) is 0 Å². The van der Waals surface area contributed by atoms with Gasteiger partial charge in [0.25, 0.3) is 0 Å². The molecule has 1 aromatic carbocycles. The number of hydrogen-bond acceptors (Lipinski definition) is 8. The fraction of sp³-hybridized carbons (Fsp3) is 0.286. The van der Waals surface area contributed by atoms with Gasteiger partial charge in [-0.1, -0.05) is 41.0 Å². The molecule has 0 aliphatic heterocycles. The number of carbonyl (C=O) groups is 1. The minimum absolute atomic E-state index is 0.118. The zero-order valence-electron chi connectivity index (χ0n) is 17.2. The Balaban J connectivity index is 1.47. The van der Waals surface area contributed by atoms with E-state index in [0.717, 1.165) is 29.1 Å². The van der Waals surface area contributed by atoms with Gasteiger partial charge in [-0.2, -0.15) is 0 Å². The zero-order chi connectivity index (χ0) is 23.4. The number of anilines is 1. The number of rotatable bonds is 9. The number of nitrogens with zero attached hydrogens (tertiary/aromatic N) is 2. The maximum absolute atomic E-state index is 13.3. The molecule has 1 aliphatic carbocycles. The fourth-order valence-electron chi connectivity index (χ4n) is 3.65. The number of nitrogens with one attached hydrogen (secondary N) is 1. The highest BCUT2D eigenvalue weighted by molar-refractivity contribution is 7.99. The van der Waals surface area contributed by atoms with E-state index in [-0.39, 0.29) is 17.7 Å². The third-order valence-corrected chi connectivity index (χ3v) is 8.40. The number of carbonyl (C=O) groups excluding carboxylic acids is 1. The predicted octanol–water partition coefficient (Wildman–Crippen LogP) is 5.36. The van der Waals surface area contributed by atoms with E-state index in [1.54, 1.807) is 12.1 Å². The lowest BCUT2D eigenvalue weighted by atomic mass is 10.1. The van der Waals surface area contributed by atoms with E-state index in [9.17, 15) is 9.00 Å². The van der Waals surface area contributed by atoms with E-state index in [1.807, 2.05) is 18.2 Å². The predicted molar refractivity (Wildman–Crippen MR) is 133 cm³/mol. The molecule has 0 radical (unpaired) electrons. The van der Waals surface area contributed by atoms with Crippen molar-refractivity contribution >= 4 is 69.2 Å². The van der Waals surface area contributed by atoms with Crippen LogP contribution in [-0.2, 0) is 15.4 Å². The Hall–Kier alpha value is -1.53. The second-order valence-corrected chi connectivity index (χ2v) is 11.5. The molecule has 1 fully saturated rings. The number of nitrogens with two attached hydrogens (primary N) is 1. The largest absolute Gasteiger partial charge is 0.367 e. The van der Waals surface area contributed by atoms with Crippen LogP contribution in [0.15, 0.2) is 52.6 Å². The van der Waals surface area contributed by atoms with Gasteiger partial charge in [0, 0.05) is 27.1 Å². The smallest absolute Gasteiger partial charge is 0.231 e. The number of hydrogen-bond donors (Lipinski definition) is 2. The van der Waals surface area contributed by atoms with Gasteiger partial charge < -0.3 is 5.32 Å². The standard InChI is InChI=1S/C21H20Cl2N4O3S3/c22-13-2-1-3-15(7-13)31-18-8-17(32-20(18)23)19(28)16-9-25-11-26-21(16)27-14-5-4-12(6-14)10-30-33(24)29/h1-3,7-9,11-12,14H,4-6,10,24H2,(H,25,26,27). The molecular formula is C21H20Cl2N4O3S3. The first-order valence-corrected chi connectivity index (χ1v) is 13.5. The second-order valence-electron chi connectivity index (χ2n) is 7.49. The summed E-state index contributed by atoms with van der Waals surface area (Å²) in [5.41, 5.74) is 0.387. The summed E-state index contributed by atoms with van der Waals surface area (Å²) >= 11 is 13.4. The molecule has 0 amide bonds. The molecule has 7 nitrogen and oxygen atoms in total. The van der Waals surface area contributed by atoms with Crippen LogP contribution in [0, 0.1) is 5.92 Å². The molecular weight excluding hydrogens is 523 g/mol. The van der Waals surface area contributed by atoms with Gasteiger partial charge in [0.2, 0.25) is 17.0 Å². The Kier molecular flexibility index (Phi) is 8.39. The van der Waals surface area contributed by atoms with Gasteiger partial charge in [0.1, 0.15) is 16.5 Å². The first-order valence-electron chi connectivity index (χ1n) is 10.0. The minimum atomic E-state index is -1.76. The highest BCUT2D eigenvalue weighted by Crippen LogP contribution is 2.40. The van der Waals surface area contributed by atoms with Crippen molar-refractivity contribution in [2.75, 3.05) is 11.9 Å². The van der Waals surface area contributed by atoms with Crippen LogP contribution in [0.1, 0.15) is 34.5 Å². The van der Waals surface area contributed by atoms with Crippen LogP contribution >= 0.6 is 46.3 Å². The summed E-state index contributed by atoms with van der Waals surface area (Å²) in [6.07, 6.45) is 5.53. The van der Waals surface area contributed by atoms with Crippen LogP contribution < -0.4 is 10.5 Å². The SMILES string of the molecule is NS(=O)OCC1CCC(Nc2ncncc2C(=O)c2cc(Sc3cccc(Cl)c3)c(Cl)s2)C1. The first kappa shape index (κ1) is 24.6. The van der Waals surface area contributed by atoms with Gasteiger partial charge in [-0.3, -0.25) is 8.98 Å². The van der Waals surface area contributed by atoms with Gasteiger partial charge in [-0.25, -0.2) is 19.3 Å². The molecule has 33 heavy (non-hydrogen) atoms. The van der Waals surface area contributed by atoms with Crippen LogP contribution in [-0.4, -0.2) is 32.6 Å². The molecule has 3 N–H and O–H groups in total. The highest BCUT2D eigenvalue weighted by Gasteiger charge is 2.27. The van der Waals surface area contributed by atoms with Crippen molar-refractivity contribution in [2.45, 2.75) is 35.1 Å². The van der Waals surface area contributed by atoms with Crippen molar-refractivity contribution < 1.29 is 13.2 Å². The Morgan fingerprint density at radius 2 is 2.18 bits per heavy atom. The van der Waals surface area contributed by atoms with Gasteiger partial charge in [-0.05, 0) is 49.4 Å². The molecule has 4 rings (SSSR count). The van der Waals surface area contributed by atoms with Crippen LogP contribution in [0.5, 0.6) is 0 Å². The van der Waals surface area contributed by atoms with Crippen molar-refractivity contribution in [2.24, 2.45) is 11.1 Å². The highest BCUT2D eigenvalue weighted by atomic mass is 35.5. The summed E-state index contributed by atoms with van der Waals surface area (Å²) in [6, 6.07) is 9.36. The van der Waals surface area contributed by atoms with Crippen molar-refractivity contribution in [3.05, 3.63) is 62.7 Å². The number of halogens is 2. The molecule has 174 valence electrons. The van der Waals surface area contributed by atoms with Gasteiger partial charge in [-0.15, -0.1) is 11.3 Å². The molecule has 3 atom stereocenters. The van der Waals surface area contributed by atoms with Crippen molar-refractivity contribution in [3.63, 3.8) is 0 Å². The molecule has 0 saturated heterocycles. The topological polar surface area (TPSA) is 107 Å². The van der Waals surface area contributed by atoms with E-state index >= 15 is 0 Å². The third-order valence-electron chi connectivity index (χ3n) is 5.16. The molecule has 0 bridgehead atoms. The first-order chi connectivity index (χ1) is 15.9. The van der Waals surface area contributed by atoms with E-state index in [4.69, 9.17) is 32.5 Å². The van der Waals surface area contributed by atoms with E-state index < -0.39 is 11.3 Å². The molecule has 1 saturated carbocycles. The van der Waals surface area contributed by atoms with E-state index in [0.29, 0.717) is 32.2 Å². The second kappa shape index (κ2) is 11.3. The van der Waals surface area contributed by atoms with Gasteiger partial charge in [0.05, 0.1) is 17.0 Å². The summed E-state index contributed by atoms with van der Waals surface area (Å²) in [4.78, 5) is 23.9. The Morgan fingerprint density at radius 3 is 2.97 bits per heavy atom. The molecule has 3 aromatic rings. The lowest BCUT2D eigenvalue weighted by Gasteiger charge is -2.15. The average molecular weight is 544 g/mol. The normalized spacial score (nSPS) is 18.9. The Labute approximate surface area is 212 Å². The Morgan fingerprint density at radius 1 is 1.33 bits per heavy atom. The monoisotopic (exact) mass is 542 g/mol. The molecule has 1 aliphatic rings. The summed E-state index contributed by atoms with van der Waals surface area (Å²) < 4.78 is 16.5. The number of thiophene rings is 1. The molecule has 2 aromatic heterocycles. The maximum Gasteiger partial charge on any atom is 0.231 e. The summed E-state index contributed by atoms with van der Waals surface area (Å²) in [5, 5.41) is 9.16. The lowest BCUT2D eigenvalue weighted by Crippen LogP contribution is -2.20. The average Bonchev–Trinajstić information content (AvgIpc) is 3.38. The quantitative estimate of drug-likeness (QED) is 0.350. The lowest BCUT2D eigenvalue weighted by molar-refractivity contribution is 0.104. The Bertz CT molecular complexity index is 1180. The molecule has 0 spiro atoms. The maximum atomic E-state index is 13.3. The van der Waals surface area contributed by atoms with Crippen LogP contribution in [0.4, 0.5) is 5.82 Å².